The summed E-state index contributed by atoms with van der Waals surface area (Å²) in [7, 11) is 0. The van der Waals surface area contributed by atoms with E-state index in [-0.39, 0.29) is 17.7 Å². The lowest BCUT2D eigenvalue weighted by Gasteiger charge is -2.28. The van der Waals surface area contributed by atoms with Crippen molar-refractivity contribution in [2.24, 2.45) is 0 Å². The van der Waals surface area contributed by atoms with E-state index >= 15 is 0 Å². The first-order valence-corrected chi connectivity index (χ1v) is 13.5. The van der Waals surface area contributed by atoms with Crippen molar-refractivity contribution in [2.75, 3.05) is 49.5 Å². The van der Waals surface area contributed by atoms with Gasteiger partial charge in [0.15, 0.2) is 0 Å². The summed E-state index contributed by atoms with van der Waals surface area (Å²) in [4.78, 5) is 45.0. The average molecular weight is 551 g/mol. The molecule has 1 aliphatic heterocycles. The third kappa shape index (κ3) is 6.57. The molecule has 3 aromatic carbocycles. The molecule has 3 aromatic rings. The summed E-state index contributed by atoms with van der Waals surface area (Å²) in [6, 6.07) is 17.8. The van der Waals surface area contributed by atoms with Gasteiger partial charge in [0.05, 0.1) is 16.1 Å². The van der Waals surface area contributed by atoms with Gasteiger partial charge in [0.25, 0.3) is 17.7 Å². The van der Waals surface area contributed by atoms with Crippen LogP contribution in [0, 0.1) is 5.82 Å². The summed E-state index contributed by atoms with van der Waals surface area (Å²) in [5.41, 5.74) is 2.36. The molecule has 0 radical (unpaired) electrons. The summed E-state index contributed by atoms with van der Waals surface area (Å²) >= 11 is 6.19. The summed E-state index contributed by atoms with van der Waals surface area (Å²) in [5, 5.41) is 3.20. The van der Waals surface area contributed by atoms with Gasteiger partial charge in [-0.15, -0.1) is 0 Å². The lowest BCUT2D eigenvalue weighted by atomic mass is 10.1. The number of halogens is 2. The second kappa shape index (κ2) is 12.8. The largest absolute Gasteiger partial charge is 0.369 e. The molecule has 1 N–H and O–H groups in total. The Morgan fingerprint density at radius 1 is 0.897 bits per heavy atom. The van der Waals surface area contributed by atoms with Crippen LogP contribution in [0.25, 0.3) is 0 Å². The Kier molecular flexibility index (Phi) is 9.19. The Morgan fingerprint density at radius 3 is 2.38 bits per heavy atom. The number of hydrogen-bond acceptors (Lipinski definition) is 4. The number of nitrogens with one attached hydrogen (secondary N) is 1. The SMILES string of the molecule is CCN(CC)C(=O)c1cc(NC(=O)c2ccccc2Cl)ccc1N1CCCN(C(=O)c2cccc(F)c2)CC1. The maximum Gasteiger partial charge on any atom is 0.257 e. The van der Waals surface area contributed by atoms with Crippen LogP contribution in [0.15, 0.2) is 66.7 Å². The number of benzene rings is 3. The molecule has 1 aliphatic rings. The Balaban J connectivity index is 1.59. The smallest absolute Gasteiger partial charge is 0.257 e. The summed E-state index contributed by atoms with van der Waals surface area (Å²) in [6.45, 7) is 7.03. The van der Waals surface area contributed by atoms with Crippen LogP contribution in [0.5, 0.6) is 0 Å². The second-order valence-corrected chi connectivity index (χ2v) is 9.69. The second-order valence-electron chi connectivity index (χ2n) is 9.29. The van der Waals surface area contributed by atoms with E-state index in [1.807, 2.05) is 19.9 Å². The molecule has 0 unspecified atom stereocenters. The third-order valence-electron chi connectivity index (χ3n) is 6.85. The third-order valence-corrected chi connectivity index (χ3v) is 7.18. The minimum Gasteiger partial charge on any atom is -0.369 e. The highest BCUT2D eigenvalue weighted by molar-refractivity contribution is 6.34. The standard InChI is InChI=1S/C30H32ClFN4O3/c1-3-34(4-2)30(39)25-20-23(33-28(37)24-11-5-6-12-26(24)31)13-14-27(25)35-15-8-16-36(18-17-35)29(38)21-9-7-10-22(32)19-21/h5-7,9-14,19-20H,3-4,8,15-18H2,1-2H3,(H,33,37). The van der Waals surface area contributed by atoms with Crippen LogP contribution in [0.1, 0.15) is 51.3 Å². The molecule has 204 valence electrons. The Morgan fingerprint density at radius 2 is 1.67 bits per heavy atom. The van der Waals surface area contributed by atoms with Gasteiger partial charge in [0, 0.05) is 56.2 Å². The van der Waals surface area contributed by atoms with Gasteiger partial charge < -0.3 is 20.0 Å². The molecule has 1 saturated heterocycles. The zero-order chi connectivity index (χ0) is 27.9. The van der Waals surface area contributed by atoms with Crippen LogP contribution in [0.3, 0.4) is 0 Å². The van der Waals surface area contributed by atoms with E-state index in [9.17, 15) is 18.8 Å². The lowest BCUT2D eigenvalue weighted by Crippen LogP contribution is -2.36. The maximum atomic E-state index is 13.7. The van der Waals surface area contributed by atoms with Crippen LogP contribution < -0.4 is 10.2 Å². The number of nitrogens with zero attached hydrogens (tertiary/aromatic N) is 3. The predicted molar refractivity (Wildman–Crippen MR) is 152 cm³/mol. The summed E-state index contributed by atoms with van der Waals surface area (Å²) in [6.07, 6.45) is 0.685. The molecule has 3 amide bonds. The van der Waals surface area contributed by atoms with E-state index in [0.717, 1.165) is 5.69 Å². The molecule has 39 heavy (non-hydrogen) atoms. The Hall–Kier alpha value is -3.91. The molecule has 0 aromatic heterocycles. The van der Waals surface area contributed by atoms with Crippen LogP contribution in [0.2, 0.25) is 5.02 Å². The fourth-order valence-electron chi connectivity index (χ4n) is 4.75. The quantitative estimate of drug-likeness (QED) is 0.418. The number of anilines is 2. The van der Waals surface area contributed by atoms with E-state index in [1.165, 1.54) is 18.2 Å². The van der Waals surface area contributed by atoms with E-state index in [2.05, 4.69) is 10.2 Å². The van der Waals surface area contributed by atoms with Gasteiger partial charge in [0.1, 0.15) is 5.82 Å². The summed E-state index contributed by atoms with van der Waals surface area (Å²) < 4.78 is 13.7. The number of carbonyl (C=O) groups is 3. The molecule has 1 heterocycles. The fraction of sp³-hybridized carbons (Fsp3) is 0.300. The molecule has 0 atom stereocenters. The van der Waals surface area contributed by atoms with Crippen LogP contribution in [-0.2, 0) is 0 Å². The number of rotatable bonds is 7. The van der Waals surface area contributed by atoms with E-state index in [0.29, 0.717) is 73.1 Å². The molecule has 1 fully saturated rings. The molecule has 0 spiro atoms. The van der Waals surface area contributed by atoms with E-state index in [1.54, 1.807) is 52.3 Å². The van der Waals surface area contributed by atoms with Crippen molar-refractivity contribution >= 4 is 40.7 Å². The molecule has 0 saturated carbocycles. The van der Waals surface area contributed by atoms with Gasteiger partial charge in [-0.2, -0.15) is 0 Å². The van der Waals surface area contributed by atoms with Crippen molar-refractivity contribution in [3.63, 3.8) is 0 Å². The molecule has 0 aliphatic carbocycles. The first kappa shape index (κ1) is 28.1. The van der Waals surface area contributed by atoms with Crippen LogP contribution in [-0.4, -0.2) is 66.8 Å². The molecular weight excluding hydrogens is 519 g/mol. The number of hydrogen-bond donors (Lipinski definition) is 1. The zero-order valence-corrected chi connectivity index (χ0v) is 22.9. The summed E-state index contributed by atoms with van der Waals surface area (Å²) in [5.74, 6) is -1.16. The van der Waals surface area contributed by atoms with Gasteiger partial charge in [-0.3, -0.25) is 14.4 Å². The number of carbonyl (C=O) groups excluding carboxylic acids is 3. The van der Waals surface area contributed by atoms with Gasteiger partial charge in [0.2, 0.25) is 0 Å². The molecule has 0 bridgehead atoms. The lowest BCUT2D eigenvalue weighted by molar-refractivity contribution is 0.0760. The Labute approximate surface area is 233 Å². The molecule has 4 rings (SSSR count). The number of amides is 3. The maximum absolute atomic E-state index is 13.7. The highest BCUT2D eigenvalue weighted by Gasteiger charge is 2.25. The van der Waals surface area contributed by atoms with Crippen molar-refractivity contribution in [3.8, 4) is 0 Å². The van der Waals surface area contributed by atoms with Gasteiger partial charge >= 0.3 is 0 Å². The molecular formula is C30H32ClFN4O3. The topological polar surface area (TPSA) is 73.0 Å². The van der Waals surface area contributed by atoms with Crippen molar-refractivity contribution in [3.05, 3.63) is 94.3 Å². The van der Waals surface area contributed by atoms with Crippen molar-refractivity contribution in [1.29, 1.82) is 0 Å². The predicted octanol–water partition coefficient (Wildman–Crippen LogP) is 5.57. The van der Waals surface area contributed by atoms with Crippen molar-refractivity contribution < 1.29 is 18.8 Å². The van der Waals surface area contributed by atoms with E-state index in [4.69, 9.17) is 11.6 Å². The highest BCUT2D eigenvalue weighted by Crippen LogP contribution is 2.28. The normalized spacial score (nSPS) is 13.5. The molecule has 9 heteroatoms. The first-order chi connectivity index (χ1) is 18.8. The van der Waals surface area contributed by atoms with Crippen molar-refractivity contribution in [2.45, 2.75) is 20.3 Å². The van der Waals surface area contributed by atoms with Crippen molar-refractivity contribution in [1.82, 2.24) is 9.80 Å². The Bertz CT molecular complexity index is 1360. The van der Waals surface area contributed by atoms with Gasteiger partial charge in [-0.25, -0.2) is 4.39 Å². The first-order valence-electron chi connectivity index (χ1n) is 13.1. The van der Waals surface area contributed by atoms with Crippen LogP contribution >= 0.6 is 11.6 Å². The minimum absolute atomic E-state index is 0.138. The minimum atomic E-state index is -0.446. The zero-order valence-electron chi connectivity index (χ0n) is 22.1. The van der Waals surface area contributed by atoms with Crippen LogP contribution in [0.4, 0.5) is 15.8 Å². The van der Waals surface area contributed by atoms with Gasteiger partial charge in [-0.1, -0.05) is 29.8 Å². The highest BCUT2D eigenvalue weighted by atomic mass is 35.5. The monoisotopic (exact) mass is 550 g/mol. The molecule has 7 nitrogen and oxygen atoms in total. The average Bonchev–Trinajstić information content (AvgIpc) is 3.20. The van der Waals surface area contributed by atoms with E-state index < -0.39 is 5.82 Å². The van der Waals surface area contributed by atoms with Gasteiger partial charge in [-0.05, 0) is 68.8 Å². The fourth-order valence-corrected chi connectivity index (χ4v) is 4.97.